The third-order valence-electron chi connectivity index (χ3n) is 3.30. The van der Waals surface area contributed by atoms with Crippen LogP contribution in [0.3, 0.4) is 0 Å². The van der Waals surface area contributed by atoms with Crippen LogP contribution in [0.4, 0.5) is 0 Å². The van der Waals surface area contributed by atoms with Crippen molar-refractivity contribution in [1.82, 2.24) is 0 Å². The fourth-order valence-corrected chi connectivity index (χ4v) is 2.18. The molecule has 0 amide bonds. The van der Waals surface area contributed by atoms with Crippen LogP contribution in [0.5, 0.6) is 5.75 Å². The summed E-state index contributed by atoms with van der Waals surface area (Å²) in [5.41, 5.74) is 1.95. The minimum Gasteiger partial charge on any atom is -0.427 e. The van der Waals surface area contributed by atoms with Crippen LogP contribution in [0.15, 0.2) is 71.4 Å². The van der Waals surface area contributed by atoms with E-state index in [1.54, 1.807) is 36.4 Å². The van der Waals surface area contributed by atoms with Gasteiger partial charge in [0.1, 0.15) is 5.75 Å². The molecule has 0 saturated heterocycles. The molecule has 0 saturated carbocycles. The van der Waals surface area contributed by atoms with Crippen LogP contribution < -0.4 is 4.74 Å². The van der Waals surface area contributed by atoms with Crippen molar-refractivity contribution in [3.8, 4) is 5.75 Å². The lowest BCUT2D eigenvalue weighted by Gasteiger charge is -2.00. The summed E-state index contributed by atoms with van der Waals surface area (Å²) >= 11 is 0. The SMILES string of the molecule is CC(=O)Oc1ccc(/C=C2N=C(/C=C/c3ccccc3)OC\2=O)cc1. The largest absolute Gasteiger partial charge is 0.427 e. The molecule has 0 spiro atoms. The Morgan fingerprint density at radius 1 is 1.00 bits per heavy atom. The lowest BCUT2D eigenvalue weighted by molar-refractivity contribution is -0.132. The average molecular weight is 333 g/mol. The molecule has 0 radical (unpaired) electrons. The molecule has 2 aromatic carbocycles. The number of hydrogen-bond donors (Lipinski definition) is 0. The van der Waals surface area contributed by atoms with Gasteiger partial charge in [-0.1, -0.05) is 42.5 Å². The molecule has 1 aliphatic heterocycles. The van der Waals surface area contributed by atoms with E-state index >= 15 is 0 Å². The smallest absolute Gasteiger partial charge is 0.363 e. The third-order valence-corrected chi connectivity index (χ3v) is 3.30. The maximum absolute atomic E-state index is 11.9. The summed E-state index contributed by atoms with van der Waals surface area (Å²) in [5, 5.41) is 0. The van der Waals surface area contributed by atoms with Crippen LogP contribution in [-0.4, -0.2) is 17.8 Å². The Morgan fingerprint density at radius 2 is 1.72 bits per heavy atom. The molecule has 5 heteroatoms. The van der Waals surface area contributed by atoms with Gasteiger partial charge in [0.15, 0.2) is 5.70 Å². The van der Waals surface area contributed by atoms with Gasteiger partial charge in [-0.05, 0) is 35.4 Å². The van der Waals surface area contributed by atoms with Gasteiger partial charge in [-0.15, -0.1) is 0 Å². The lowest BCUT2D eigenvalue weighted by Crippen LogP contribution is -2.01. The minimum atomic E-state index is -0.503. The van der Waals surface area contributed by atoms with Gasteiger partial charge < -0.3 is 9.47 Å². The van der Waals surface area contributed by atoms with Crippen molar-refractivity contribution in [2.24, 2.45) is 4.99 Å². The van der Waals surface area contributed by atoms with Crippen molar-refractivity contribution in [3.05, 3.63) is 77.5 Å². The van der Waals surface area contributed by atoms with Crippen LogP contribution in [0.25, 0.3) is 12.2 Å². The molecule has 0 fully saturated rings. The molecular weight excluding hydrogens is 318 g/mol. The Hall–Kier alpha value is -3.47. The van der Waals surface area contributed by atoms with Gasteiger partial charge in [0.2, 0.25) is 5.90 Å². The van der Waals surface area contributed by atoms with E-state index in [4.69, 9.17) is 9.47 Å². The zero-order valence-electron chi connectivity index (χ0n) is 13.5. The standard InChI is InChI=1S/C20H15NO4/c1-14(22)24-17-10-7-16(8-11-17)13-18-20(23)25-19(21-18)12-9-15-5-3-2-4-6-15/h2-13H,1H3/b12-9+,18-13-. The van der Waals surface area contributed by atoms with Gasteiger partial charge in [0, 0.05) is 13.0 Å². The van der Waals surface area contributed by atoms with Crippen LogP contribution in [-0.2, 0) is 14.3 Å². The summed E-state index contributed by atoms with van der Waals surface area (Å²) in [7, 11) is 0. The molecule has 3 rings (SSSR count). The van der Waals surface area contributed by atoms with E-state index in [9.17, 15) is 9.59 Å². The van der Waals surface area contributed by atoms with Crippen molar-refractivity contribution in [1.29, 1.82) is 0 Å². The number of carbonyl (C=O) groups is 2. The van der Waals surface area contributed by atoms with E-state index in [1.807, 2.05) is 36.4 Å². The Labute approximate surface area is 144 Å². The number of benzene rings is 2. The molecule has 124 valence electrons. The average Bonchev–Trinajstić information content (AvgIpc) is 2.95. The fraction of sp³-hybridized carbons (Fsp3) is 0.0500. The van der Waals surface area contributed by atoms with E-state index in [1.165, 1.54) is 6.92 Å². The highest BCUT2D eigenvalue weighted by atomic mass is 16.6. The van der Waals surface area contributed by atoms with Crippen molar-refractivity contribution in [2.75, 3.05) is 0 Å². The summed E-state index contributed by atoms with van der Waals surface area (Å²) < 4.78 is 10.1. The number of carbonyl (C=O) groups excluding carboxylic acids is 2. The summed E-state index contributed by atoms with van der Waals surface area (Å²) in [4.78, 5) is 27.0. The van der Waals surface area contributed by atoms with Gasteiger partial charge in [0.25, 0.3) is 0 Å². The van der Waals surface area contributed by atoms with Crippen molar-refractivity contribution in [2.45, 2.75) is 6.92 Å². The number of nitrogens with zero attached hydrogens (tertiary/aromatic N) is 1. The number of cyclic esters (lactones) is 1. The minimum absolute atomic E-state index is 0.216. The van der Waals surface area contributed by atoms with Crippen molar-refractivity contribution < 1.29 is 19.1 Å². The van der Waals surface area contributed by atoms with Gasteiger partial charge in [-0.25, -0.2) is 9.79 Å². The van der Waals surface area contributed by atoms with Crippen LogP contribution in [0.1, 0.15) is 18.1 Å². The van der Waals surface area contributed by atoms with Crippen LogP contribution >= 0.6 is 0 Å². The third kappa shape index (κ3) is 4.51. The Balaban J connectivity index is 1.74. The summed E-state index contributed by atoms with van der Waals surface area (Å²) in [6, 6.07) is 16.4. The number of rotatable bonds is 4. The molecule has 5 nitrogen and oxygen atoms in total. The predicted octanol–water partition coefficient (Wildman–Crippen LogP) is 3.62. The van der Waals surface area contributed by atoms with E-state index in [2.05, 4.69) is 4.99 Å². The molecule has 0 N–H and O–H groups in total. The zero-order chi connectivity index (χ0) is 17.6. The summed E-state index contributed by atoms with van der Waals surface area (Å²) in [6.07, 6.45) is 5.09. The second-order valence-corrected chi connectivity index (χ2v) is 5.28. The molecule has 0 bridgehead atoms. The van der Waals surface area contributed by atoms with Crippen LogP contribution in [0, 0.1) is 0 Å². The number of hydrogen-bond acceptors (Lipinski definition) is 5. The first-order valence-electron chi connectivity index (χ1n) is 7.64. The predicted molar refractivity (Wildman–Crippen MR) is 94.7 cm³/mol. The van der Waals surface area contributed by atoms with Gasteiger partial charge in [-0.2, -0.15) is 0 Å². The maximum atomic E-state index is 11.9. The van der Waals surface area contributed by atoms with Gasteiger partial charge in [0.05, 0.1) is 0 Å². The highest BCUT2D eigenvalue weighted by Gasteiger charge is 2.21. The van der Waals surface area contributed by atoms with E-state index in [-0.39, 0.29) is 17.6 Å². The summed E-state index contributed by atoms with van der Waals surface area (Å²) in [6.45, 7) is 1.34. The molecule has 0 aromatic heterocycles. The van der Waals surface area contributed by atoms with Crippen molar-refractivity contribution >= 4 is 30.0 Å². The zero-order valence-corrected chi connectivity index (χ0v) is 13.5. The number of esters is 2. The summed E-state index contributed by atoms with van der Waals surface area (Å²) in [5.74, 6) is -0.197. The van der Waals surface area contributed by atoms with E-state index in [0.717, 1.165) is 11.1 Å². The topological polar surface area (TPSA) is 65.0 Å². The number of aliphatic imine (C=N–C) groups is 1. The van der Waals surface area contributed by atoms with Gasteiger partial charge >= 0.3 is 11.9 Å². The first kappa shape index (κ1) is 16.4. The highest BCUT2D eigenvalue weighted by molar-refractivity contribution is 6.11. The molecule has 1 aliphatic rings. The van der Waals surface area contributed by atoms with Crippen LogP contribution in [0.2, 0.25) is 0 Å². The van der Waals surface area contributed by atoms with E-state index < -0.39 is 5.97 Å². The first-order chi connectivity index (χ1) is 12.1. The monoisotopic (exact) mass is 333 g/mol. The second kappa shape index (κ2) is 7.40. The fourth-order valence-electron chi connectivity index (χ4n) is 2.18. The Bertz CT molecular complexity index is 878. The molecule has 1 heterocycles. The molecule has 25 heavy (non-hydrogen) atoms. The Morgan fingerprint density at radius 3 is 2.40 bits per heavy atom. The normalized spacial score (nSPS) is 15.3. The highest BCUT2D eigenvalue weighted by Crippen LogP contribution is 2.19. The first-order valence-corrected chi connectivity index (χ1v) is 7.64. The second-order valence-electron chi connectivity index (χ2n) is 5.28. The van der Waals surface area contributed by atoms with E-state index in [0.29, 0.717) is 5.75 Å². The lowest BCUT2D eigenvalue weighted by atomic mass is 10.2. The number of ether oxygens (including phenoxy) is 2. The maximum Gasteiger partial charge on any atom is 0.363 e. The Kier molecular flexibility index (Phi) is 4.85. The molecule has 0 unspecified atom stereocenters. The van der Waals surface area contributed by atoms with Crippen molar-refractivity contribution in [3.63, 3.8) is 0 Å². The molecule has 0 aliphatic carbocycles. The molecule has 2 aromatic rings. The molecular formula is C20H15NO4. The van der Waals surface area contributed by atoms with Gasteiger partial charge in [-0.3, -0.25) is 4.79 Å². The molecule has 0 atom stereocenters. The quantitative estimate of drug-likeness (QED) is 0.487.